The quantitative estimate of drug-likeness (QED) is 0.799. The molecule has 1 aliphatic rings. The normalized spacial score (nSPS) is 25.8. The average molecular weight is 237 g/mol. The predicted octanol–water partition coefficient (Wildman–Crippen LogP) is 1.17. The first-order valence-corrected chi connectivity index (χ1v) is 6.67. The predicted molar refractivity (Wildman–Crippen MR) is 66.5 cm³/mol. The van der Waals surface area contributed by atoms with Crippen LogP contribution >= 0.6 is 0 Å². The number of nitrogens with zero attached hydrogens (tertiary/aromatic N) is 4. The van der Waals surface area contributed by atoms with Crippen LogP contribution in [0.25, 0.3) is 0 Å². The molecule has 2 rings (SSSR count). The fourth-order valence-corrected chi connectivity index (χ4v) is 2.90. The first-order chi connectivity index (χ1) is 8.29. The zero-order chi connectivity index (χ0) is 12.1. The molecule has 1 aliphatic carbocycles. The van der Waals surface area contributed by atoms with E-state index in [1.807, 2.05) is 14.1 Å². The van der Waals surface area contributed by atoms with Gasteiger partial charge in [-0.3, -0.25) is 0 Å². The second kappa shape index (κ2) is 6.10. The van der Waals surface area contributed by atoms with Gasteiger partial charge in [0.05, 0.1) is 7.05 Å². The third-order valence-corrected chi connectivity index (χ3v) is 3.78. The van der Waals surface area contributed by atoms with E-state index in [0.717, 1.165) is 24.7 Å². The van der Waals surface area contributed by atoms with Crippen LogP contribution in [0.5, 0.6) is 0 Å². The van der Waals surface area contributed by atoms with E-state index >= 15 is 0 Å². The highest BCUT2D eigenvalue weighted by Gasteiger charge is 2.24. The highest BCUT2D eigenvalue weighted by atomic mass is 15.6. The number of tetrazole rings is 1. The monoisotopic (exact) mass is 237 g/mol. The maximum atomic E-state index is 4.30. The van der Waals surface area contributed by atoms with Crippen LogP contribution in [0.4, 0.5) is 0 Å². The SMILES string of the molecule is CNCC1CCCCCC1Cc1nnn(C)n1. The van der Waals surface area contributed by atoms with Crippen molar-refractivity contribution in [1.82, 2.24) is 25.5 Å². The van der Waals surface area contributed by atoms with Crippen molar-refractivity contribution >= 4 is 0 Å². The van der Waals surface area contributed by atoms with E-state index in [9.17, 15) is 0 Å². The highest BCUT2D eigenvalue weighted by molar-refractivity contribution is 4.86. The lowest BCUT2D eigenvalue weighted by Crippen LogP contribution is -2.27. The molecule has 2 unspecified atom stereocenters. The summed E-state index contributed by atoms with van der Waals surface area (Å²) in [5.41, 5.74) is 0. The smallest absolute Gasteiger partial charge is 0.175 e. The maximum absolute atomic E-state index is 4.30. The van der Waals surface area contributed by atoms with E-state index in [1.54, 1.807) is 4.80 Å². The number of aryl methyl sites for hydroxylation is 1. The molecule has 0 bridgehead atoms. The lowest BCUT2D eigenvalue weighted by atomic mass is 9.85. The Morgan fingerprint density at radius 3 is 2.65 bits per heavy atom. The Morgan fingerprint density at radius 2 is 2.00 bits per heavy atom. The second-order valence-electron chi connectivity index (χ2n) is 5.12. The molecule has 1 fully saturated rings. The number of hydrogen-bond acceptors (Lipinski definition) is 4. The van der Waals surface area contributed by atoms with E-state index < -0.39 is 0 Å². The lowest BCUT2D eigenvalue weighted by molar-refractivity contribution is 0.299. The number of hydrogen-bond donors (Lipinski definition) is 1. The summed E-state index contributed by atoms with van der Waals surface area (Å²) in [6.07, 6.45) is 7.74. The Bertz CT molecular complexity index is 335. The molecule has 1 aromatic rings. The standard InChI is InChI=1S/C12H23N5/c1-13-9-11-7-5-3-4-6-10(11)8-12-14-16-17(2)15-12/h10-11,13H,3-9H2,1-2H3. The Morgan fingerprint density at radius 1 is 1.24 bits per heavy atom. The summed E-state index contributed by atoms with van der Waals surface area (Å²) in [6.45, 7) is 1.12. The fraction of sp³-hybridized carbons (Fsp3) is 0.917. The number of nitrogens with one attached hydrogen (secondary N) is 1. The van der Waals surface area contributed by atoms with Gasteiger partial charge < -0.3 is 5.32 Å². The molecule has 1 heterocycles. The van der Waals surface area contributed by atoms with Gasteiger partial charge in [0.25, 0.3) is 0 Å². The van der Waals surface area contributed by atoms with E-state index in [2.05, 4.69) is 20.7 Å². The average Bonchev–Trinajstić information content (AvgIpc) is 2.58. The molecule has 0 aliphatic heterocycles. The third kappa shape index (κ3) is 3.49. The minimum absolute atomic E-state index is 0.717. The van der Waals surface area contributed by atoms with E-state index in [1.165, 1.54) is 32.1 Å². The van der Waals surface area contributed by atoms with Crippen LogP contribution in [0.15, 0.2) is 0 Å². The molecule has 1 aromatic heterocycles. The first-order valence-electron chi connectivity index (χ1n) is 6.67. The van der Waals surface area contributed by atoms with Crippen molar-refractivity contribution in [2.75, 3.05) is 13.6 Å². The van der Waals surface area contributed by atoms with Crippen LogP contribution in [0.3, 0.4) is 0 Å². The van der Waals surface area contributed by atoms with Crippen LogP contribution < -0.4 is 5.32 Å². The number of rotatable bonds is 4. The Kier molecular flexibility index (Phi) is 4.48. The third-order valence-electron chi connectivity index (χ3n) is 3.78. The molecule has 0 saturated heterocycles. The molecule has 0 spiro atoms. The largest absolute Gasteiger partial charge is 0.319 e. The lowest BCUT2D eigenvalue weighted by Gasteiger charge is -2.23. The van der Waals surface area contributed by atoms with Gasteiger partial charge in [-0.25, -0.2) is 0 Å². The van der Waals surface area contributed by atoms with Gasteiger partial charge in [0.1, 0.15) is 0 Å². The molecule has 96 valence electrons. The highest BCUT2D eigenvalue weighted by Crippen LogP contribution is 2.30. The maximum Gasteiger partial charge on any atom is 0.175 e. The molecule has 17 heavy (non-hydrogen) atoms. The first kappa shape index (κ1) is 12.5. The van der Waals surface area contributed by atoms with Crippen molar-refractivity contribution in [2.45, 2.75) is 38.5 Å². The van der Waals surface area contributed by atoms with Crippen molar-refractivity contribution in [2.24, 2.45) is 18.9 Å². The molecular formula is C12H23N5. The molecule has 1 N–H and O–H groups in total. The van der Waals surface area contributed by atoms with Crippen LogP contribution in [0.2, 0.25) is 0 Å². The minimum atomic E-state index is 0.717. The van der Waals surface area contributed by atoms with Gasteiger partial charge in [-0.05, 0) is 43.5 Å². The van der Waals surface area contributed by atoms with Gasteiger partial charge in [0.2, 0.25) is 0 Å². The fourth-order valence-electron chi connectivity index (χ4n) is 2.90. The van der Waals surface area contributed by atoms with E-state index in [4.69, 9.17) is 0 Å². The minimum Gasteiger partial charge on any atom is -0.319 e. The van der Waals surface area contributed by atoms with Crippen LogP contribution in [-0.2, 0) is 13.5 Å². The van der Waals surface area contributed by atoms with Crippen LogP contribution in [0, 0.1) is 11.8 Å². The molecule has 2 atom stereocenters. The van der Waals surface area contributed by atoms with Gasteiger partial charge in [-0.2, -0.15) is 4.80 Å². The van der Waals surface area contributed by atoms with E-state index in [0.29, 0.717) is 5.92 Å². The summed E-state index contributed by atoms with van der Waals surface area (Å²) in [5.74, 6) is 2.39. The molecular weight excluding hydrogens is 214 g/mol. The Balaban J connectivity index is 1.99. The zero-order valence-corrected chi connectivity index (χ0v) is 10.9. The summed E-state index contributed by atoms with van der Waals surface area (Å²) in [6, 6.07) is 0. The van der Waals surface area contributed by atoms with Crippen LogP contribution in [-0.4, -0.2) is 33.8 Å². The van der Waals surface area contributed by atoms with Gasteiger partial charge in [0, 0.05) is 6.42 Å². The topological polar surface area (TPSA) is 55.6 Å². The van der Waals surface area contributed by atoms with Gasteiger partial charge >= 0.3 is 0 Å². The summed E-state index contributed by atoms with van der Waals surface area (Å²) in [4.78, 5) is 1.55. The van der Waals surface area contributed by atoms with E-state index in [-0.39, 0.29) is 0 Å². The Labute approximate surface area is 103 Å². The summed E-state index contributed by atoms with van der Waals surface area (Å²) in [7, 11) is 3.87. The van der Waals surface area contributed by atoms with Crippen molar-refractivity contribution in [3.63, 3.8) is 0 Å². The number of aromatic nitrogens is 4. The second-order valence-corrected chi connectivity index (χ2v) is 5.12. The van der Waals surface area contributed by atoms with Crippen molar-refractivity contribution in [3.8, 4) is 0 Å². The summed E-state index contributed by atoms with van der Waals surface area (Å²) < 4.78 is 0. The van der Waals surface area contributed by atoms with Crippen molar-refractivity contribution < 1.29 is 0 Å². The van der Waals surface area contributed by atoms with Crippen molar-refractivity contribution in [1.29, 1.82) is 0 Å². The van der Waals surface area contributed by atoms with Crippen molar-refractivity contribution in [3.05, 3.63) is 5.82 Å². The molecule has 0 radical (unpaired) electrons. The molecule has 5 nitrogen and oxygen atoms in total. The molecule has 5 heteroatoms. The molecule has 0 amide bonds. The molecule has 0 aromatic carbocycles. The summed E-state index contributed by atoms with van der Waals surface area (Å²) >= 11 is 0. The summed E-state index contributed by atoms with van der Waals surface area (Å²) in [5, 5.41) is 15.7. The molecule has 1 saturated carbocycles. The Hall–Kier alpha value is -0.970. The van der Waals surface area contributed by atoms with Crippen LogP contribution in [0.1, 0.15) is 37.9 Å². The van der Waals surface area contributed by atoms with Gasteiger partial charge in [0.15, 0.2) is 5.82 Å². The zero-order valence-electron chi connectivity index (χ0n) is 10.9. The van der Waals surface area contributed by atoms with Gasteiger partial charge in [-0.15, -0.1) is 10.2 Å². The van der Waals surface area contributed by atoms with Gasteiger partial charge in [-0.1, -0.05) is 19.3 Å².